The van der Waals surface area contributed by atoms with E-state index in [4.69, 9.17) is 8.83 Å². The summed E-state index contributed by atoms with van der Waals surface area (Å²) in [5, 5.41) is 11.4. The first-order chi connectivity index (χ1) is 13.8. The molecule has 2 aromatic heterocycles. The first kappa shape index (κ1) is 18.5. The molecule has 0 aliphatic heterocycles. The van der Waals surface area contributed by atoms with Crippen LogP contribution in [0.2, 0.25) is 0 Å². The van der Waals surface area contributed by atoms with Gasteiger partial charge in [0.25, 0.3) is 0 Å². The van der Waals surface area contributed by atoms with Gasteiger partial charge in [-0.15, -0.1) is 10.2 Å². The van der Waals surface area contributed by atoms with Crippen molar-refractivity contribution in [3.8, 4) is 0 Å². The van der Waals surface area contributed by atoms with Gasteiger partial charge in [0.2, 0.25) is 17.7 Å². The first-order valence-corrected chi connectivity index (χ1v) is 9.99. The Balaban J connectivity index is 1.36. The van der Waals surface area contributed by atoms with Gasteiger partial charge >= 0.3 is 0 Å². The maximum atomic E-state index is 12.6. The van der Waals surface area contributed by atoms with Crippen LogP contribution in [0.3, 0.4) is 0 Å². The standard InChI is InChI=1S/C22H25N3O3/c26-19(13-14-20-24-25-22(28-20)17-10-5-2-6-11-17)23-21(18-12-7-15-27-18)16-8-3-1-4-9-16/h1,3-4,7-9,12,15,17,21H,2,5-6,10-11,13-14H2,(H,23,26)/t21-/m0/s1. The van der Waals surface area contributed by atoms with Gasteiger partial charge in [-0.25, -0.2) is 0 Å². The summed E-state index contributed by atoms with van der Waals surface area (Å²) >= 11 is 0. The van der Waals surface area contributed by atoms with E-state index in [0.29, 0.717) is 24.0 Å². The van der Waals surface area contributed by atoms with E-state index in [9.17, 15) is 4.79 Å². The molecule has 6 heteroatoms. The van der Waals surface area contributed by atoms with Crippen LogP contribution >= 0.6 is 0 Å². The summed E-state index contributed by atoms with van der Waals surface area (Å²) in [6.45, 7) is 0. The number of carbonyl (C=O) groups excluding carboxylic acids is 1. The molecule has 1 saturated carbocycles. The summed E-state index contributed by atoms with van der Waals surface area (Å²) in [4.78, 5) is 12.6. The molecule has 1 aliphatic carbocycles. The summed E-state index contributed by atoms with van der Waals surface area (Å²) in [7, 11) is 0. The van der Waals surface area contributed by atoms with E-state index in [0.717, 1.165) is 24.3 Å². The zero-order valence-electron chi connectivity index (χ0n) is 15.8. The monoisotopic (exact) mass is 379 g/mol. The van der Waals surface area contributed by atoms with Gasteiger partial charge in [0.15, 0.2) is 0 Å². The van der Waals surface area contributed by atoms with Crippen LogP contribution in [0.5, 0.6) is 0 Å². The zero-order chi connectivity index (χ0) is 19.2. The molecule has 1 amide bonds. The molecule has 0 spiro atoms. The third-order valence-electron chi connectivity index (χ3n) is 5.27. The molecule has 4 rings (SSSR count). The molecule has 6 nitrogen and oxygen atoms in total. The van der Waals surface area contributed by atoms with E-state index < -0.39 is 0 Å². The molecule has 1 aliphatic rings. The second-order valence-corrected chi connectivity index (χ2v) is 7.30. The topological polar surface area (TPSA) is 81.2 Å². The SMILES string of the molecule is O=C(CCc1nnc(C2CCCCC2)o1)N[C@@H](c1ccccc1)c1ccco1. The van der Waals surface area contributed by atoms with Gasteiger partial charge < -0.3 is 14.2 Å². The minimum atomic E-state index is -0.316. The minimum absolute atomic E-state index is 0.0809. The number of aromatic nitrogens is 2. The maximum Gasteiger partial charge on any atom is 0.221 e. The average Bonchev–Trinajstić information content (AvgIpc) is 3.44. The van der Waals surface area contributed by atoms with Crippen molar-refractivity contribution in [2.45, 2.75) is 56.9 Å². The smallest absolute Gasteiger partial charge is 0.221 e. The normalized spacial score (nSPS) is 16.0. The van der Waals surface area contributed by atoms with Crippen LogP contribution in [0.1, 0.15) is 73.6 Å². The predicted octanol–water partition coefficient (Wildman–Crippen LogP) is 4.55. The Labute approximate surface area is 164 Å². The molecule has 28 heavy (non-hydrogen) atoms. The Kier molecular flexibility index (Phi) is 5.85. The van der Waals surface area contributed by atoms with Crippen molar-refractivity contribution in [1.29, 1.82) is 0 Å². The predicted molar refractivity (Wildman–Crippen MR) is 104 cm³/mol. The number of benzene rings is 1. The fourth-order valence-electron chi connectivity index (χ4n) is 3.76. The third-order valence-corrected chi connectivity index (χ3v) is 5.27. The number of furan rings is 1. The molecule has 1 aromatic carbocycles. The number of amides is 1. The van der Waals surface area contributed by atoms with Gasteiger partial charge in [0.05, 0.1) is 6.26 Å². The Morgan fingerprint density at radius 2 is 1.89 bits per heavy atom. The summed E-state index contributed by atoms with van der Waals surface area (Å²) in [5.74, 6) is 2.27. The van der Waals surface area contributed by atoms with Crippen molar-refractivity contribution >= 4 is 5.91 Å². The van der Waals surface area contributed by atoms with Gasteiger partial charge in [0, 0.05) is 18.8 Å². The molecule has 2 heterocycles. The van der Waals surface area contributed by atoms with E-state index in [1.54, 1.807) is 6.26 Å². The van der Waals surface area contributed by atoms with Crippen molar-refractivity contribution in [2.24, 2.45) is 0 Å². The fraction of sp³-hybridized carbons (Fsp3) is 0.409. The molecule has 1 fully saturated rings. The number of nitrogens with one attached hydrogen (secondary N) is 1. The second-order valence-electron chi connectivity index (χ2n) is 7.30. The van der Waals surface area contributed by atoms with Crippen LogP contribution in [0, 0.1) is 0 Å². The van der Waals surface area contributed by atoms with E-state index in [1.807, 2.05) is 42.5 Å². The van der Waals surface area contributed by atoms with Crippen LogP contribution in [-0.2, 0) is 11.2 Å². The van der Waals surface area contributed by atoms with E-state index >= 15 is 0 Å². The molecule has 0 unspecified atom stereocenters. The van der Waals surface area contributed by atoms with Gasteiger partial charge in [-0.1, -0.05) is 49.6 Å². The number of hydrogen-bond acceptors (Lipinski definition) is 5. The highest BCUT2D eigenvalue weighted by molar-refractivity contribution is 5.77. The van der Waals surface area contributed by atoms with Crippen molar-refractivity contribution in [3.63, 3.8) is 0 Å². The number of carbonyl (C=O) groups is 1. The third kappa shape index (κ3) is 4.50. The fourth-order valence-corrected chi connectivity index (χ4v) is 3.76. The average molecular weight is 379 g/mol. The van der Waals surface area contributed by atoms with Crippen LogP contribution in [0.4, 0.5) is 0 Å². The lowest BCUT2D eigenvalue weighted by atomic mass is 9.89. The molecular formula is C22H25N3O3. The van der Waals surface area contributed by atoms with Crippen molar-refractivity contribution in [3.05, 3.63) is 71.8 Å². The quantitative estimate of drug-likeness (QED) is 0.651. The lowest BCUT2D eigenvalue weighted by Gasteiger charge is -2.17. The molecule has 0 bridgehead atoms. The van der Waals surface area contributed by atoms with Crippen molar-refractivity contribution in [1.82, 2.24) is 15.5 Å². The molecule has 1 N–H and O–H groups in total. The van der Waals surface area contributed by atoms with E-state index in [2.05, 4.69) is 15.5 Å². The minimum Gasteiger partial charge on any atom is -0.467 e. The lowest BCUT2D eigenvalue weighted by Crippen LogP contribution is -2.29. The number of rotatable bonds is 7. The highest BCUT2D eigenvalue weighted by atomic mass is 16.4. The van der Waals surface area contributed by atoms with Gasteiger partial charge in [-0.2, -0.15) is 0 Å². The van der Waals surface area contributed by atoms with E-state index in [1.165, 1.54) is 19.3 Å². The Morgan fingerprint density at radius 3 is 2.64 bits per heavy atom. The first-order valence-electron chi connectivity index (χ1n) is 9.99. The largest absolute Gasteiger partial charge is 0.467 e. The van der Waals surface area contributed by atoms with Gasteiger partial charge in [-0.05, 0) is 30.5 Å². The molecule has 146 valence electrons. The highest BCUT2D eigenvalue weighted by Crippen LogP contribution is 2.31. The van der Waals surface area contributed by atoms with Gasteiger partial charge in [0.1, 0.15) is 11.8 Å². The Morgan fingerprint density at radius 1 is 1.07 bits per heavy atom. The summed E-state index contributed by atoms with van der Waals surface area (Å²) in [5.41, 5.74) is 0.975. The van der Waals surface area contributed by atoms with Crippen LogP contribution < -0.4 is 5.32 Å². The summed E-state index contributed by atoms with van der Waals surface area (Å²) in [6.07, 6.45) is 8.30. The van der Waals surface area contributed by atoms with Crippen molar-refractivity contribution < 1.29 is 13.6 Å². The Hall–Kier alpha value is -2.89. The Bertz CT molecular complexity index is 868. The summed E-state index contributed by atoms with van der Waals surface area (Å²) < 4.78 is 11.3. The molecule has 0 radical (unpaired) electrons. The lowest BCUT2D eigenvalue weighted by molar-refractivity contribution is -0.121. The number of hydrogen-bond donors (Lipinski definition) is 1. The zero-order valence-corrected chi connectivity index (χ0v) is 15.8. The van der Waals surface area contributed by atoms with Gasteiger partial charge in [-0.3, -0.25) is 4.79 Å². The number of aryl methyl sites for hydroxylation is 1. The van der Waals surface area contributed by atoms with Crippen LogP contribution in [0.15, 0.2) is 57.6 Å². The maximum absolute atomic E-state index is 12.6. The van der Waals surface area contributed by atoms with Crippen LogP contribution in [-0.4, -0.2) is 16.1 Å². The highest BCUT2D eigenvalue weighted by Gasteiger charge is 2.22. The molecule has 0 saturated heterocycles. The molecule has 3 aromatic rings. The molecular weight excluding hydrogens is 354 g/mol. The second kappa shape index (κ2) is 8.87. The van der Waals surface area contributed by atoms with E-state index in [-0.39, 0.29) is 18.4 Å². The van der Waals surface area contributed by atoms with Crippen LogP contribution in [0.25, 0.3) is 0 Å². The molecule has 1 atom stereocenters. The summed E-state index contributed by atoms with van der Waals surface area (Å²) in [6, 6.07) is 13.2. The number of nitrogens with zero attached hydrogens (tertiary/aromatic N) is 2. The van der Waals surface area contributed by atoms with Crippen molar-refractivity contribution in [2.75, 3.05) is 0 Å².